The predicted molar refractivity (Wildman–Crippen MR) is 77.5 cm³/mol. The second kappa shape index (κ2) is 6.93. The molecule has 0 aliphatic heterocycles. The van der Waals surface area contributed by atoms with E-state index in [2.05, 4.69) is 15.9 Å². The average molecular weight is 343 g/mol. The van der Waals surface area contributed by atoms with Gasteiger partial charge in [-0.15, -0.1) is 0 Å². The maximum Gasteiger partial charge on any atom is 0.159 e. The molecule has 2 aromatic rings. The number of hydrogen-bond acceptors (Lipinski definition) is 0. The zero-order chi connectivity index (χ0) is 14.5. The number of halogens is 4. The highest BCUT2D eigenvalue weighted by Crippen LogP contribution is 2.19. The highest BCUT2D eigenvalue weighted by Gasteiger charge is 2.12. The van der Waals surface area contributed by atoms with Gasteiger partial charge in [0, 0.05) is 5.33 Å². The molecule has 106 valence electrons. The van der Waals surface area contributed by atoms with Gasteiger partial charge in [0.15, 0.2) is 11.6 Å². The molecule has 0 spiro atoms. The van der Waals surface area contributed by atoms with Crippen LogP contribution in [-0.2, 0) is 12.8 Å². The molecule has 0 aliphatic rings. The van der Waals surface area contributed by atoms with Crippen LogP contribution in [0.5, 0.6) is 0 Å². The van der Waals surface area contributed by atoms with Gasteiger partial charge < -0.3 is 0 Å². The molecule has 0 nitrogen and oxygen atoms in total. The van der Waals surface area contributed by atoms with E-state index in [-0.39, 0.29) is 11.7 Å². The Bertz CT molecular complexity index is 584. The Hall–Kier alpha value is -1.29. The molecule has 0 fully saturated rings. The van der Waals surface area contributed by atoms with E-state index in [4.69, 9.17) is 0 Å². The van der Waals surface area contributed by atoms with Crippen LogP contribution in [0.3, 0.4) is 0 Å². The molecule has 0 aromatic heterocycles. The minimum Gasteiger partial charge on any atom is -0.207 e. The molecule has 0 saturated carbocycles. The molecule has 1 atom stereocenters. The number of rotatable bonds is 5. The number of hydrogen-bond donors (Lipinski definition) is 0. The first-order valence-corrected chi connectivity index (χ1v) is 7.45. The molecule has 2 rings (SSSR count). The van der Waals surface area contributed by atoms with Gasteiger partial charge in [0.1, 0.15) is 5.82 Å². The molecule has 0 amide bonds. The van der Waals surface area contributed by atoms with Crippen LogP contribution in [0, 0.1) is 23.4 Å². The highest BCUT2D eigenvalue weighted by atomic mass is 79.9. The standard InChI is InChI=1S/C16H14BrF3/c17-10-13(6-11-2-1-3-14(18)8-11)7-12-4-5-15(19)16(20)9-12/h1-5,8-9,13H,6-7,10H2. The third-order valence-electron chi connectivity index (χ3n) is 3.14. The van der Waals surface area contributed by atoms with Crippen molar-refractivity contribution >= 4 is 15.9 Å². The van der Waals surface area contributed by atoms with Crippen LogP contribution in [0.25, 0.3) is 0 Å². The summed E-state index contributed by atoms with van der Waals surface area (Å²) in [5.41, 5.74) is 1.64. The Kier molecular flexibility index (Phi) is 5.24. The van der Waals surface area contributed by atoms with E-state index in [9.17, 15) is 13.2 Å². The van der Waals surface area contributed by atoms with Crippen molar-refractivity contribution in [1.82, 2.24) is 0 Å². The summed E-state index contributed by atoms with van der Waals surface area (Å²) in [7, 11) is 0. The summed E-state index contributed by atoms with van der Waals surface area (Å²) in [6.45, 7) is 0. The quantitative estimate of drug-likeness (QED) is 0.678. The third-order valence-corrected chi connectivity index (χ3v) is 4.06. The largest absolute Gasteiger partial charge is 0.207 e. The molecule has 1 unspecified atom stereocenters. The summed E-state index contributed by atoms with van der Waals surface area (Å²) >= 11 is 3.42. The fourth-order valence-electron chi connectivity index (χ4n) is 2.18. The van der Waals surface area contributed by atoms with Crippen molar-refractivity contribution < 1.29 is 13.2 Å². The van der Waals surface area contributed by atoms with Crippen molar-refractivity contribution in [2.24, 2.45) is 5.92 Å². The SMILES string of the molecule is Fc1cccc(CC(CBr)Cc2ccc(F)c(F)c2)c1. The predicted octanol–water partition coefficient (Wildman–Crippen LogP) is 4.90. The Morgan fingerprint density at radius 2 is 1.55 bits per heavy atom. The molecular weight excluding hydrogens is 329 g/mol. The van der Waals surface area contributed by atoms with Gasteiger partial charge in [0.25, 0.3) is 0 Å². The first-order valence-electron chi connectivity index (χ1n) is 6.33. The Morgan fingerprint density at radius 1 is 0.850 bits per heavy atom. The van der Waals surface area contributed by atoms with Crippen molar-refractivity contribution in [1.29, 1.82) is 0 Å². The second-order valence-corrected chi connectivity index (χ2v) is 5.45. The monoisotopic (exact) mass is 342 g/mol. The summed E-state index contributed by atoms with van der Waals surface area (Å²) in [6, 6.07) is 10.4. The summed E-state index contributed by atoms with van der Waals surface area (Å²) in [4.78, 5) is 0. The van der Waals surface area contributed by atoms with E-state index in [1.165, 1.54) is 18.2 Å². The molecule has 0 heterocycles. The van der Waals surface area contributed by atoms with E-state index in [1.807, 2.05) is 6.07 Å². The molecule has 0 radical (unpaired) electrons. The van der Waals surface area contributed by atoms with Gasteiger partial charge in [-0.3, -0.25) is 0 Å². The molecule has 4 heteroatoms. The summed E-state index contributed by atoms with van der Waals surface area (Å²) < 4.78 is 39.2. The molecule has 20 heavy (non-hydrogen) atoms. The van der Waals surface area contributed by atoms with Gasteiger partial charge in [-0.05, 0) is 54.2 Å². The summed E-state index contributed by atoms with van der Waals surface area (Å²) in [5, 5.41) is 0.711. The van der Waals surface area contributed by atoms with E-state index in [0.29, 0.717) is 18.2 Å². The van der Waals surface area contributed by atoms with Crippen molar-refractivity contribution in [3.63, 3.8) is 0 Å². The minimum atomic E-state index is -0.839. The van der Waals surface area contributed by atoms with Gasteiger partial charge in [0.05, 0.1) is 0 Å². The Labute approximate surface area is 124 Å². The normalized spacial score (nSPS) is 12.4. The Balaban J connectivity index is 2.07. The number of benzene rings is 2. The number of alkyl halides is 1. The van der Waals surface area contributed by atoms with E-state index in [1.54, 1.807) is 12.1 Å². The first kappa shape index (κ1) is 15.1. The van der Waals surface area contributed by atoms with Crippen LogP contribution in [0.4, 0.5) is 13.2 Å². The minimum absolute atomic E-state index is 0.196. The fraction of sp³-hybridized carbons (Fsp3) is 0.250. The van der Waals surface area contributed by atoms with Crippen LogP contribution in [-0.4, -0.2) is 5.33 Å². The fourth-order valence-corrected chi connectivity index (χ4v) is 2.64. The molecular formula is C16H14BrF3. The van der Waals surface area contributed by atoms with Gasteiger partial charge in [-0.25, -0.2) is 13.2 Å². The average Bonchev–Trinajstić information content (AvgIpc) is 2.42. The van der Waals surface area contributed by atoms with Gasteiger partial charge in [-0.1, -0.05) is 34.1 Å². The van der Waals surface area contributed by atoms with Crippen molar-refractivity contribution in [2.75, 3.05) is 5.33 Å². The lowest BCUT2D eigenvalue weighted by atomic mass is 9.94. The topological polar surface area (TPSA) is 0 Å². The van der Waals surface area contributed by atoms with Crippen LogP contribution in [0.15, 0.2) is 42.5 Å². The first-order chi connectivity index (χ1) is 9.58. The molecule has 0 aliphatic carbocycles. The van der Waals surface area contributed by atoms with E-state index in [0.717, 1.165) is 17.2 Å². The lowest BCUT2D eigenvalue weighted by Crippen LogP contribution is -2.10. The van der Waals surface area contributed by atoms with Crippen LogP contribution in [0.2, 0.25) is 0 Å². The molecule has 0 bridgehead atoms. The smallest absolute Gasteiger partial charge is 0.159 e. The van der Waals surface area contributed by atoms with Gasteiger partial charge >= 0.3 is 0 Å². The van der Waals surface area contributed by atoms with Crippen molar-refractivity contribution in [2.45, 2.75) is 12.8 Å². The molecule has 0 N–H and O–H groups in total. The maximum atomic E-state index is 13.2. The highest BCUT2D eigenvalue weighted by molar-refractivity contribution is 9.09. The zero-order valence-corrected chi connectivity index (χ0v) is 12.3. The van der Waals surface area contributed by atoms with E-state index < -0.39 is 11.6 Å². The lowest BCUT2D eigenvalue weighted by molar-refractivity contribution is 0.504. The van der Waals surface area contributed by atoms with Crippen molar-refractivity contribution in [3.8, 4) is 0 Å². The van der Waals surface area contributed by atoms with Gasteiger partial charge in [-0.2, -0.15) is 0 Å². The van der Waals surface area contributed by atoms with Crippen LogP contribution < -0.4 is 0 Å². The lowest BCUT2D eigenvalue weighted by Gasteiger charge is -2.14. The van der Waals surface area contributed by atoms with Crippen LogP contribution in [0.1, 0.15) is 11.1 Å². The maximum absolute atomic E-state index is 13.2. The molecule has 0 saturated heterocycles. The zero-order valence-electron chi connectivity index (χ0n) is 10.8. The summed E-state index contributed by atoms with van der Waals surface area (Å²) in [6.07, 6.45) is 1.29. The third kappa shape index (κ3) is 4.10. The molecule has 2 aromatic carbocycles. The van der Waals surface area contributed by atoms with Crippen LogP contribution >= 0.6 is 15.9 Å². The Morgan fingerprint density at radius 3 is 2.15 bits per heavy atom. The summed E-state index contributed by atoms with van der Waals surface area (Å²) in [5.74, 6) is -1.74. The van der Waals surface area contributed by atoms with Crippen molar-refractivity contribution in [3.05, 3.63) is 71.0 Å². The van der Waals surface area contributed by atoms with E-state index >= 15 is 0 Å². The second-order valence-electron chi connectivity index (χ2n) is 4.81. The van der Waals surface area contributed by atoms with Gasteiger partial charge in [0.2, 0.25) is 0 Å².